The van der Waals surface area contributed by atoms with Crippen LogP contribution in [0.5, 0.6) is 0 Å². The molecule has 3 rings (SSSR count). The molecule has 0 saturated carbocycles. The van der Waals surface area contributed by atoms with Crippen molar-refractivity contribution in [3.05, 3.63) is 12.7 Å². The van der Waals surface area contributed by atoms with E-state index in [-0.39, 0.29) is 0 Å². The SMILES string of the molecule is c1ncn(C2CCN(CCN3CCCCC3)CC2)n1. The largest absolute Gasteiger partial charge is 0.302 e. The molecule has 2 saturated heterocycles. The van der Waals surface area contributed by atoms with Crippen molar-refractivity contribution in [1.29, 1.82) is 0 Å². The number of aromatic nitrogens is 3. The Hall–Kier alpha value is -0.940. The van der Waals surface area contributed by atoms with E-state index in [1.54, 1.807) is 6.33 Å². The summed E-state index contributed by atoms with van der Waals surface area (Å²) in [5.74, 6) is 0. The molecule has 0 aliphatic carbocycles. The highest BCUT2D eigenvalue weighted by molar-refractivity contribution is 4.78. The molecule has 0 amide bonds. The maximum absolute atomic E-state index is 4.26. The van der Waals surface area contributed by atoms with Gasteiger partial charge in [0.1, 0.15) is 12.7 Å². The molecule has 3 heterocycles. The highest BCUT2D eigenvalue weighted by atomic mass is 15.3. The van der Waals surface area contributed by atoms with E-state index in [0.717, 1.165) is 0 Å². The third-order valence-electron chi connectivity index (χ3n) is 4.55. The molecule has 5 nitrogen and oxygen atoms in total. The van der Waals surface area contributed by atoms with Crippen molar-refractivity contribution >= 4 is 0 Å². The summed E-state index contributed by atoms with van der Waals surface area (Å²) < 4.78 is 2.03. The number of likely N-dealkylation sites (tertiary alicyclic amines) is 2. The van der Waals surface area contributed by atoms with Crippen molar-refractivity contribution < 1.29 is 0 Å². The van der Waals surface area contributed by atoms with E-state index >= 15 is 0 Å². The van der Waals surface area contributed by atoms with Crippen molar-refractivity contribution in [1.82, 2.24) is 24.6 Å². The minimum atomic E-state index is 0.564. The van der Waals surface area contributed by atoms with Crippen LogP contribution in [0.2, 0.25) is 0 Å². The molecule has 0 radical (unpaired) electrons. The van der Waals surface area contributed by atoms with E-state index in [2.05, 4.69) is 19.9 Å². The second-order valence-electron chi connectivity index (χ2n) is 5.85. The Kier molecular flexibility index (Phi) is 4.45. The standard InChI is InChI=1S/C14H25N5/c1-2-6-17(7-3-1)10-11-18-8-4-14(5-9-18)19-13-15-12-16-19/h12-14H,1-11H2. The van der Waals surface area contributed by atoms with Gasteiger partial charge in [0, 0.05) is 26.2 Å². The predicted octanol–water partition coefficient (Wildman–Crippen LogP) is 1.40. The van der Waals surface area contributed by atoms with Crippen LogP contribution >= 0.6 is 0 Å². The highest BCUT2D eigenvalue weighted by Gasteiger charge is 2.21. The van der Waals surface area contributed by atoms with Crippen molar-refractivity contribution in [2.24, 2.45) is 0 Å². The van der Waals surface area contributed by atoms with Gasteiger partial charge in [-0.1, -0.05) is 6.42 Å². The van der Waals surface area contributed by atoms with E-state index in [9.17, 15) is 0 Å². The van der Waals surface area contributed by atoms with Gasteiger partial charge in [-0.2, -0.15) is 5.10 Å². The molecule has 0 spiro atoms. The summed E-state index contributed by atoms with van der Waals surface area (Å²) in [6, 6.07) is 0.564. The second kappa shape index (κ2) is 6.48. The predicted molar refractivity (Wildman–Crippen MR) is 75.0 cm³/mol. The number of rotatable bonds is 4. The molecule has 0 N–H and O–H groups in total. The van der Waals surface area contributed by atoms with E-state index in [4.69, 9.17) is 0 Å². The van der Waals surface area contributed by atoms with Crippen LogP contribution in [-0.2, 0) is 0 Å². The summed E-state index contributed by atoms with van der Waals surface area (Å²) >= 11 is 0. The molecule has 2 aliphatic heterocycles. The monoisotopic (exact) mass is 263 g/mol. The molecular formula is C14H25N5. The molecular weight excluding hydrogens is 238 g/mol. The Morgan fingerprint density at radius 1 is 0.895 bits per heavy atom. The molecule has 19 heavy (non-hydrogen) atoms. The Balaban J connectivity index is 1.38. The van der Waals surface area contributed by atoms with Crippen LogP contribution in [0.25, 0.3) is 0 Å². The summed E-state index contributed by atoms with van der Waals surface area (Å²) in [5.41, 5.74) is 0. The second-order valence-corrected chi connectivity index (χ2v) is 5.85. The van der Waals surface area contributed by atoms with Crippen molar-refractivity contribution in [3.63, 3.8) is 0 Å². The Bertz CT molecular complexity index is 350. The van der Waals surface area contributed by atoms with Crippen molar-refractivity contribution in [2.45, 2.75) is 38.1 Å². The van der Waals surface area contributed by atoms with E-state index in [1.807, 2.05) is 11.0 Å². The van der Waals surface area contributed by atoms with E-state index in [1.165, 1.54) is 71.4 Å². The fourth-order valence-electron chi connectivity index (χ4n) is 3.28. The van der Waals surface area contributed by atoms with Gasteiger partial charge in [0.15, 0.2) is 0 Å². The van der Waals surface area contributed by atoms with Gasteiger partial charge in [-0.05, 0) is 38.8 Å². The molecule has 0 unspecified atom stereocenters. The summed E-state index contributed by atoms with van der Waals surface area (Å²) in [6.07, 6.45) is 10.1. The van der Waals surface area contributed by atoms with Gasteiger partial charge in [-0.25, -0.2) is 9.67 Å². The number of nitrogens with zero attached hydrogens (tertiary/aromatic N) is 5. The normalized spacial score (nSPS) is 23.8. The Morgan fingerprint density at radius 3 is 2.21 bits per heavy atom. The lowest BCUT2D eigenvalue weighted by Crippen LogP contribution is -2.41. The van der Waals surface area contributed by atoms with Crippen LogP contribution in [0.4, 0.5) is 0 Å². The molecule has 5 heteroatoms. The van der Waals surface area contributed by atoms with Crippen LogP contribution in [-0.4, -0.2) is 63.8 Å². The van der Waals surface area contributed by atoms with Crippen LogP contribution in [0.3, 0.4) is 0 Å². The molecule has 1 aromatic rings. The summed E-state index contributed by atoms with van der Waals surface area (Å²) in [4.78, 5) is 9.29. The summed E-state index contributed by atoms with van der Waals surface area (Å²) in [7, 11) is 0. The van der Waals surface area contributed by atoms with Crippen molar-refractivity contribution in [2.75, 3.05) is 39.3 Å². The first-order valence-electron chi connectivity index (χ1n) is 7.70. The lowest BCUT2D eigenvalue weighted by atomic mass is 10.1. The molecule has 0 atom stereocenters. The van der Waals surface area contributed by atoms with E-state index in [0.29, 0.717) is 6.04 Å². The minimum Gasteiger partial charge on any atom is -0.302 e. The zero-order valence-corrected chi connectivity index (χ0v) is 11.7. The third-order valence-corrected chi connectivity index (χ3v) is 4.55. The number of hydrogen-bond donors (Lipinski definition) is 0. The maximum Gasteiger partial charge on any atom is 0.137 e. The fourth-order valence-corrected chi connectivity index (χ4v) is 3.28. The van der Waals surface area contributed by atoms with Gasteiger partial charge in [0.2, 0.25) is 0 Å². The quantitative estimate of drug-likeness (QED) is 0.823. The minimum absolute atomic E-state index is 0.564. The van der Waals surface area contributed by atoms with Gasteiger partial charge in [0.25, 0.3) is 0 Å². The molecule has 0 bridgehead atoms. The zero-order chi connectivity index (χ0) is 12.9. The topological polar surface area (TPSA) is 37.2 Å². The molecule has 106 valence electrons. The first kappa shape index (κ1) is 13.1. The lowest BCUT2D eigenvalue weighted by molar-refractivity contribution is 0.144. The average molecular weight is 263 g/mol. The molecule has 2 aliphatic rings. The lowest BCUT2D eigenvalue weighted by Gasteiger charge is -2.34. The van der Waals surface area contributed by atoms with Gasteiger partial charge >= 0.3 is 0 Å². The van der Waals surface area contributed by atoms with Gasteiger partial charge in [0.05, 0.1) is 6.04 Å². The van der Waals surface area contributed by atoms with Gasteiger partial charge in [-0.3, -0.25) is 0 Å². The molecule has 1 aromatic heterocycles. The first-order valence-corrected chi connectivity index (χ1v) is 7.70. The van der Waals surface area contributed by atoms with Crippen LogP contribution in [0.1, 0.15) is 38.1 Å². The Morgan fingerprint density at radius 2 is 1.58 bits per heavy atom. The zero-order valence-electron chi connectivity index (χ0n) is 11.7. The summed E-state index contributed by atoms with van der Waals surface area (Å²) in [5, 5.41) is 4.26. The summed E-state index contributed by atoms with van der Waals surface area (Å²) in [6.45, 7) is 7.54. The number of piperidine rings is 2. The average Bonchev–Trinajstić information content (AvgIpc) is 3.01. The maximum atomic E-state index is 4.26. The first-order chi connectivity index (χ1) is 9.42. The molecule has 0 aromatic carbocycles. The van der Waals surface area contributed by atoms with Crippen LogP contribution in [0.15, 0.2) is 12.7 Å². The number of hydrogen-bond acceptors (Lipinski definition) is 4. The smallest absolute Gasteiger partial charge is 0.137 e. The van der Waals surface area contributed by atoms with Crippen LogP contribution < -0.4 is 0 Å². The fraction of sp³-hybridized carbons (Fsp3) is 0.857. The molecule has 2 fully saturated rings. The van der Waals surface area contributed by atoms with E-state index < -0.39 is 0 Å². The van der Waals surface area contributed by atoms with Crippen molar-refractivity contribution in [3.8, 4) is 0 Å². The van der Waals surface area contributed by atoms with Gasteiger partial charge < -0.3 is 9.80 Å². The Labute approximate surface area is 115 Å². The van der Waals surface area contributed by atoms with Gasteiger partial charge in [-0.15, -0.1) is 0 Å². The highest BCUT2D eigenvalue weighted by Crippen LogP contribution is 2.21. The third kappa shape index (κ3) is 3.54. The van der Waals surface area contributed by atoms with Crippen LogP contribution in [0, 0.1) is 0 Å².